The van der Waals surface area contributed by atoms with Crippen LogP contribution in [0.4, 0.5) is 16.3 Å². The standard InChI is InChI=1S/C30H32N4O5/c1-3-22-17-21(2)27(31-18-22)32-13-15-33(16-14-32)28(35)23-9-11-25(12-10-23)34-26(20-39-30(34)37)19-38-29(36)24-7-5-4-6-8-24/h4-12,17-18,26H,3,13-16,19-20H2,1-2H3/t26-/m1/s1. The van der Waals surface area contributed by atoms with Crippen molar-refractivity contribution in [2.45, 2.75) is 26.3 Å². The predicted molar refractivity (Wildman–Crippen MR) is 147 cm³/mol. The normalized spacial score (nSPS) is 17.2. The number of nitrogens with zero attached hydrogens (tertiary/aromatic N) is 4. The zero-order valence-corrected chi connectivity index (χ0v) is 22.2. The average molecular weight is 529 g/mol. The lowest BCUT2D eigenvalue weighted by Crippen LogP contribution is -2.49. The fourth-order valence-corrected chi connectivity index (χ4v) is 4.95. The Balaban J connectivity index is 1.18. The number of anilines is 2. The lowest BCUT2D eigenvalue weighted by atomic mass is 10.1. The van der Waals surface area contributed by atoms with E-state index in [-0.39, 0.29) is 19.1 Å². The maximum Gasteiger partial charge on any atom is 0.414 e. The number of aryl methyl sites for hydroxylation is 2. The lowest BCUT2D eigenvalue weighted by Gasteiger charge is -2.36. The van der Waals surface area contributed by atoms with E-state index < -0.39 is 18.1 Å². The molecule has 2 aromatic carbocycles. The summed E-state index contributed by atoms with van der Waals surface area (Å²) in [7, 11) is 0. The Morgan fingerprint density at radius 1 is 1.00 bits per heavy atom. The molecule has 0 saturated carbocycles. The van der Waals surface area contributed by atoms with Crippen LogP contribution in [0.2, 0.25) is 0 Å². The van der Waals surface area contributed by atoms with Crippen molar-refractivity contribution >= 4 is 29.5 Å². The number of carbonyl (C=O) groups is 3. The SMILES string of the molecule is CCc1cnc(N2CCN(C(=O)c3ccc(N4C(=O)OC[C@H]4COC(=O)c4ccccc4)cc3)CC2)c(C)c1. The molecule has 2 aliphatic rings. The molecule has 2 fully saturated rings. The van der Waals surface area contributed by atoms with Crippen molar-refractivity contribution in [3.8, 4) is 0 Å². The summed E-state index contributed by atoms with van der Waals surface area (Å²) >= 11 is 0. The second kappa shape index (κ2) is 11.6. The summed E-state index contributed by atoms with van der Waals surface area (Å²) in [6.07, 6.45) is 2.37. The molecule has 1 atom stereocenters. The molecule has 202 valence electrons. The van der Waals surface area contributed by atoms with Crippen LogP contribution in [0.25, 0.3) is 0 Å². The molecule has 0 bridgehead atoms. The van der Waals surface area contributed by atoms with Gasteiger partial charge in [0.2, 0.25) is 0 Å². The summed E-state index contributed by atoms with van der Waals surface area (Å²) in [6, 6.07) is 17.3. The van der Waals surface area contributed by atoms with E-state index in [2.05, 4.69) is 29.8 Å². The number of esters is 1. The first-order chi connectivity index (χ1) is 18.9. The van der Waals surface area contributed by atoms with Gasteiger partial charge in [0.1, 0.15) is 25.1 Å². The Kier molecular flexibility index (Phi) is 7.76. The van der Waals surface area contributed by atoms with Gasteiger partial charge in [-0.05, 0) is 60.9 Å². The number of piperazine rings is 1. The molecule has 39 heavy (non-hydrogen) atoms. The lowest BCUT2D eigenvalue weighted by molar-refractivity contribution is 0.0475. The Morgan fingerprint density at radius 2 is 1.72 bits per heavy atom. The van der Waals surface area contributed by atoms with Crippen molar-refractivity contribution in [1.29, 1.82) is 0 Å². The summed E-state index contributed by atoms with van der Waals surface area (Å²) in [6.45, 7) is 6.94. The van der Waals surface area contributed by atoms with E-state index in [0.717, 1.165) is 17.8 Å². The summed E-state index contributed by atoms with van der Waals surface area (Å²) in [5, 5.41) is 0. The number of cyclic esters (lactones) is 1. The van der Waals surface area contributed by atoms with Crippen molar-refractivity contribution in [3.05, 3.63) is 89.1 Å². The molecular formula is C30H32N4O5. The van der Waals surface area contributed by atoms with Crippen LogP contribution >= 0.6 is 0 Å². The molecule has 1 aromatic heterocycles. The van der Waals surface area contributed by atoms with E-state index >= 15 is 0 Å². The van der Waals surface area contributed by atoms with Crippen LogP contribution in [-0.2, 0) is 15.9 Å². The van der Waals surface area contributed by atoms with Gasteiger partial charge in [-0.25, -0.2) is 14.6 Å². The first-order valence-electron chi connectivity index (χ1n) is 13.2. The monoisotopic (exact) mass is 528 g/mol. The summed E-state index contributed by atoms with van der Waals surface area (Å²) in [5.74, 6) is 0.467. The third-order valence-electron chi connectivity index (χ3n) is 7.15. The van der Waals surface area contributed by atoms with Crippen molar-refractivity contribution in [1.82, 2.24) is 9.88 Å². The third-order valence-corrected chi connectivity index (χ3v) is 7.15. The number of hydrogen-bond donors (Lipinski definition) is 0. The Bertz CT molecular complexity index is 1340. The van der Waals surface area contributed by atoms with Gasteiger partial charge in [-0.3, -0.25) is 9.69 Å². The first-order valence-corrected chi connectivity index (χ1v) is 13.2. The highest BCUT2D eigenvalue weighted by Gasteiger charge is 2.35. The molecule has 2 aliphatic heterocycles. The molecule has 0 N–H and O–H groups in total. The minimum absolute atomic E-state index is 0.0000694. The molecule has 2 amide bonds. The number of benzene rings is 2. The van der Waals surface area contributed by atoms with E-state index in [4.69, 9.17) is 9.47 Å². The van der Waals surface area contributed by atoms with Gasteiger partial charge in [0.25, 0.3) is 5.91 Å². The molecule has 9 heteroatoms. The van der Waals surface area contributed by atoms with Crippen molar-refractivity contribution < 1.29 is 23.9 Å². The van der Waals surface area contributed by atoms with Crippen LogP contribution in [0.3, 0.4) is 0 Å². The van der Waals surface area contributed by atoms with Gasteiger partial charge >= 0.3 is 12.1 Å². The molecule has 3 aromatic rings. The number of ether oxygens (including phenoxy) is 2. The van der Waals surface area contributed by atoms with Gasteiger partial charge in [-0.1, -0.05) is 31.2 Å². The number of pyridine rings is 1. The average Bonchev–Trinajstić information content (AvgIpc) is 3.36. The van der Waals surface area contributed by atoms with Crippen LogP contribution in [0.1, 0.15) is 38.8 Å². The van der Waals surface area contributed by atoms with Gasteiger partial charge in [0, 0.05) is 43.6 Å². The highest BCUT2D eigenvalue weighted by Crippen LogP contribution is 2.25. The van der Waals surface area contributed by atoms with Crippen LogP contribution < -0.4 is 9.80 Å². The molecule has 3 heterocycles. The molecule has 2 saturated heterocycles. The van der Waals surface area contributed by atoms with Crippen molar-refractivity contribution in [2.24, 2.45) is 0 Å². The van der Waals surface area contributed by atoms with E-state index in [1.54, 1.807) is 48.5 Å². The molecule has 5 rings (SSSR count). The minimum Gasteiger partial charge on any atom is -0.460 e. The van der Waals surface area contributed by atoms with Gasteiger partial charge in [0.15, 0.2) is 0 Å². The second-order valence-corrected chi connectivity index (χ2v) is 9.73. The maximum absolute atomic E-state index is 13.2. The molecule has 9 nitrogen and oxygen atoms in total. The quantitative estimate of drug-likeness (QED) is 0.427. The minimum atomic E-state index is -0.512. The van der Waals surface area contributed by atoms with Gasteiger partial charge < -0.3 is 19.3 Å². The van der Waals surface area contributed by atoms with Crippen LogP contribution in [0.15, 0.2) is 66.9 Å². The molecular weight excluding hydrogens is 496 g/mol. The number of rotatable bonds is 7. The summed E-state index contributed by atoms with van der Waals surface area (Å²) < 4.78 is 10.7. The Labute approximate surface area is 227 Å². The van der Waals surface area contributed by atoms with E-state index in [9.17, 15) is 14.4 Å². The number of amides is 2. The highest BCUT2D eigenvalue weighted by atomic mass is 16.6. The smallest absolute Gasteiger partial charge is 0.414 e. The van der Waals surface area contributed by atoms with E-state index in [0.29, 0.717) is 43.0 Å². The fraction of sp³-hybridized carbons (Fsp3) is 0.333. The predicted octanol–water partition coefficient (Wildman–Crippen LogP) is 4.10. The summed E-state index contributed by atoms with van der Waals surface area (Å²) in [5.41, 5.74) is 3.94. The maximum atomic E-state index is 13.2. The van der Waals surface area contributed by atoms with Crippen LogP contribution in [-0.4, -0.2) is 73.3 Å². The van der Waals surface area contributed by atoms with Crippen molar-refractivity contribution in [3.63, 3.8) is 0 Å². The van der Waals surface area contributed by atoms with Gasteiger partial charge in [-0.15, -0.1) is 0 Å². The molecule has 0 spiro atoms. The van der Waals surface area contributed by atoms with Gasteiger partial charge in [0.05, 0.1) is 5.56 Å². The van der Waals surface area contributed by atoms with E-state index in [1.165, 1.54) is 10.5 Å². The number of aromatic nitrogens is 1. The largest absolute Gasteiger partial charge is 0.460 e. The number of hydrogen-bond acceptors (Lipinski definition) is 7. The Morgan fingerprint density at radius 3 is 2.38 bits per heavy atom. The zero-order chi connectivity index (χ0) is 27.4. The third kappa shape index (κ3) is 5.72. The Hall–Kier alpha value is -4.40. The molecule has 0 radical (unpaired) electrons. The van der Waals surface area contributed by atoms with Crippen molar-refractivity contribution in [2.75, 3.05) is 49.2 Å². The number of carbonyl (C=O) groups excluding carboxylic acids is 3. The highest BCUT2D eigenvalue weighted by molar-refractivity contribution is 5.96. The second-order valence-electron chi connectivity index (χ2n) is 9.73. The molecule has 0 unspecified atom stereocenters. The topological polar surface area (TPSA) is 92.3 Å². The first kappa shape index (κ1) is 26.2. The van der Waals surface area contributed by atoms with Crippen LogP contribution in [0.5, 0.6) is 0 Å². The fourth-order valence-electron chi connectivity index (χ4n) is 4.95. The molecule has 0 aliphatic carbocycles. The van der Waals surface area contributed by atoms with Crippen LogP contribution in [0, 0.1) is 6.92 Å². The van der Waals surface area contributed by atoms with E-state index in [1.807, 2.05) is 17.2 Å². The zero-order valence-electron chi connectivity index (χ0n) is 22.2. The van der Waals surface area contributed by atoms with Gasteiger partial charge in [-0.2, -0.15) is 0 Å². The summed E-state index contributed by atoms with van der Waals surface area (Å²) in [4.78, 5) is 48.2.